The number of nitrogens with one attached hydrogen (secondary N) is 2. The summed E-state index contributed by atoms with van der Waals surface area (Å²) in [6.07, 6.45) is 1.25. The van der Waals surface area contributed by atoms with E-state index in [0.717, 1.165) is 11.1 Å². The molecule has 0 fully saturated rings. The first-order chi connectivity index (χ1) is 13.9. The summed E-state index contributed by atoms with van der Waals surface area (Å²) < 4.78 is 5.64. The van der Waals surface area contributed by atoms with E-state index in [0.29, 0.717) is 18.0 Å². The van der Waals surface area contributed by atoms with Crippen molar-refractivity contribution in [3.8, 4) is 11.8 Å². The molecule has 29 heavy (non-hydrogen) atoms. The van der Waals surface area contributed by atoms with Gasteiger partial charge in [0.05, 0.1) is 23.9 Å². The van der Waals surface area contributed by atoms with Crippen LogP contribution in [-0.2, 0) is 4.79 Å². The third-order valence-corrected chi connectivity index (χ3v) is 4.21. The fraction of sp³-hybridized carbons (Fsp3) is 0.227. The standard InChI is InChI=1S/C22H24N4O3/c1-4-29-20-10-9-14(2)11-18(20)15(3)26-22(28)16(12-23)13-25-19-8-6-5-7-17(19)21(24)27/h5-11,13,15,25H,4H2,1-3H3,(H2,24,27)(H,26,28)/b16-13-. The second kappa shape index (κ2) is 9.95. The minimum absolute atomic E-state index is 0.137. The first kappa shape index (κ1) is 21.5. The first-order valence-electron chi connectivity index (χ1n) is 9.17. The molecule has 0 saturated heterocycles. The van der Waals surface area contributed by atoms with E-state index in [2.05, 4.69) is 10.6 Å². The summed E-state index contributed by atoms with van der Waals surface area (Å²) >= 11 is 0. The van der Waals surface area contributed by atoms with E-state index in [1.54, 1.807) is 24.3 Å². The predicted molar refractivity (Wildman–Crippen MR) is 111 cm³/mol. The van der Waals surface area contributed by atoms with Crippen LogP contribution in [0.2, 0.25) is 0 Å². The second-order valence-electron chi connectivity index (χ2n) is 6.39. The summed E-state index contributed by atoms with van der Waals surface area (Å²) in [4.78, 5) is 24.1. The van der Waals surface area contributed by atoms with Crippen LogP contribution >= 0.6 is 0 Å². The summed E-state index contributed by atoms with van der Waals surface area (Å²) in [5.74, 6) is -0.476. The highest BCUT2D eigenvalue weighted by Crippen LogP contribution is 2.26. The molecule has 2 aromatic carbocycles. The van der Waals surface area contributed by atoms with E-state index in [-0.39, 0.29) is 17.2 Å². The van der Waals surface area contributed by atoms with Crippen molar-refractivity contribution in [3.63, 3.8) is 0 Å². The van der Waals surface area contributed by atoms with Crippen LogP contribution in [0.3, 0.4) is 0 Å². The molecule has 0 aliphatic carbocycles. The van der Waals surface area contributed by atoms with Gasteiger partial charge in [-0.2, -0.15) is 5.26 Å². The Labute approximate surface area is 170 Å². The third kappa shape index (κ3) is 5.59. The number of nitrogens with zero attached hydrogens (tertiary/aromatic N) is 1. The molecule has 0 heterocycles. The van der Waals surface area contributed by atoms with E-state index in [1.165, 1.54) is 6.20 Å². The molecule has 1 atom stereocenters. The second-order valence-corrected chi connectivity index (χ2v) is 6.39. The largest absolute Gasteiger partial charge is 0.494 e. The van der Waals surface area contributed by atoms with Gasteiger partial charge in [0.2, 0.25) is 0 Å². The van der Waals surface area contributed by atoms with Gasteiger partial charge in [0, 0.05) is 11.8 Å². The molecule has 0 saturated carbocycles. The number of rotatable bonds is 8. The minimum atomic E-state index is -0.610. The van der Waals surface area contributed by atoms with Gasteiger partial charge in [-0.1, -0.05) is 29.8 Å². The lowest BCUT2D eigenvalue weighted by molar-refractivity contribution is -0.117. The van der Waals surface area contributed by atoms with Crippen LogP contribution in [0, 0.1) is 18.3 Å². The number of hydrogen-bond donors (Lipinski definition) is 3. The van der Waals surface area contributed by atoms with Crippen LogP contribution in [0.1, 0.15) is 41.4 Å². The SMILES string of the molecule is CCOc1ccc(C)cc1C(C)NC(=O)/C(C#N)=C\Nc1ccccc1C(N)=O. The fourth-order valence-corrected chi connectivity index (χ4v) is 2.77. The topological polar surface area (TPSA) is 117 Å². The lowest BCUT2D eigenvalue weighted by atomic mass is 10.0. The lowest BCUT2D eigenvalue weighted by Crippen LogP contribution is -2.28. The van der Waals surface area contributed by atoms with Crippen molar-refractivity contribution >= 4 is 17.5 Å². The van der Waals surface area contributed by atoms with Crippen molar-refractivity contribution < 1.29 is 14.3 Å². The highest BCUT2D eigenvalue weighted by atomic mass is 16.5. The number of aryl methyl sites for hydroxylation is 1. The normalized spacial score (nSPS) is 11.9. The Kier molecular flexibility index (Phi) is 7.38. The molecule has 0 bridgehead atoms. The summed E-state index contributed by atoms with van der Waals surface area (Å²) in [7, 11) is 0. The maximum Gasteiger partial charge on any atom is 0.263 e. The third-order valence-electron chi connectivity index (χ3n) is 4.21. The van der Waals surface area contributed by atoms with Gasteiger partial charge in [-0.05, 0) is 39.0 Å². The molecule has 0 aliphatic heterocycles. The van der Waals surface area contributed by atoms with Crippen LogP contribution in [0.4, 0.5) is 5.69 Å². The number of primary amides is 1. The quantitative estimate of drug-likeness (QED) is 0.471. The van der Waals surface area contributed by atoms with E-state index < -0.39 is 11.8 Å². The number of amides is 2. The van der Waals surface area contributed by atoms with Crippen LogP contribution in [0.25, 0.3) is 0 Å². The number of benzene rings is 2. The number of para-hydroxylation sites is 1. The highest BCUT2D eigenvalue weighted by molar-refractivity contribution is 6.00. The molecular weight excluding hydrogens is 368 g/mol. The summed E-state index contributed by atoms with van der Waals surface area (Å²) in [6, 6.07) is 13.8. The molecule has 1 unspecified atom stereocenters. The summed E-state index contributed by atoms with van der Waals surface area (Å²) in [6.45, 7) is 6.16. The van der Waals surface area contributed by atoms with E-state index in [4.69, 9.17) is 10.5 Å². The zero-order valence-electron chi connectivity index (χ0n) is 16.7. The molecular formula is C22H24N4O3. The number of ether oxygens (including phenoxy) is 1. The van der Waals surface area contributed by atoms with E-state index >= 15 is 0 Å². The molecule has 0 aromatic heterocycles. The first-order valence-corrected chi connectivity index (χ1v) is 9.17. The number of carbonyl (C=O) groups excluding carboxylic acids is 2. The van der Waals surface area contributed by atoms with Gasteiger partial charge in [-0.25, -0.2) is 0 Å². The van der Waals surface area contributed by atoms with Crippen LogP contribution in [0.5, 0.6) is 5.75 Å². The number of carbonyl (C=O) groups is 2. The number of nitriles is 1. The minimum Gasteiger partial charge on any atom is -0.494 e. The molecule has 7 heteroatoms. The molecule has 7 nitrogen and oxygen atoms in total. The number of nitrogens with two attached hydrogens (primary N) is 1. The Morgan fingerprint density at radius 2 is 2.00 bits per heavy atom. The fourth-order valence-electron chi connectivity index (χ4n) is 2.77. The zero-order valence-corrected chi connectivity index (χ0v) is 16.7. The Hall–Kier alpha value is -3.79. The van der Waals surface area contributed by atoms with E-state index in [1.807, 2.05) is 45.0 Å². The maximum atomic E-state index is 12.6. The van der Waals surface area contributed by atoms with E-state index in [9.17, 15) is 14.9 Å². The maximum absolute atomic E-state index is 12.6. The Bertz CT molecular complexity index is 976. The van der Waals surface area contributed by atoms with Crippen LogP contribution < -0.4 is 21.1 Å². The van der Waals surface area contributed by atoms with Gasteiger partial charge < -0.3 is 21.1 Å². The Morgan fingerprint density at radius 3 is 2.66 bits per heavy atom. The lowest BCUT2D eigenvalue weighted by Gasteiger charge is -2.18. The molecule has 2 aromatic rings. The van der Waals surface area contributed by atoms with Gasteiger partial charge >= 0.3 is 0 Å². The number of hydrogen-bond acceptors (Lipinski definition) is 5. The van der Waals surface area contributed by atoms with Gasteiger partial charge in [-0.15, -0.1) is 0 Å². The summed E-state index contributed by atoms with van der Waals surface area (Å²) in [5.41, 5.74) is 7.73. The molecule has 0 radical (unpaired) electrons. The average Bonchev–Trinajstić information content (AvgIpc) is 2.70. The molecule has 2 amide bonds. The molecule has 0 spiro atoms. The molecule has 4 N–H and O–H groups in total. The number of anilines is 1. The van der Waals surface area contributed by atoms with Crippen molar-refractivity contribution in [1.82, 2.24) is 5.32 Å². The van der Waals surface area contributed by atoms with Crippen molar-refractivity contribution in [2.24, 2.45) is 5.73 Å². The predicted octanol–water partition coefficient (Wildman–Crippen LogP) is 3.19. The van der Waals surface area contributed by atoms with Crippen molar-refractivity contribution in [3.05, 3.63) is 70.9 Å². The molecule has 0 aliphatic rings. The Balaban J connectivity index is 2.18. The van der Waals surface area contributed by atoms with Crippen molar-refractivity contribution in [2.45, 2.75) is 26.8 Å². The van der Waals surface area contributed by atoms with Gasteiger partial charge in [0.15, 0.2) is 0 Å². The zero-order chi connectivity index (χ0) is 21.4. The Morgan fingerprint density at radius 1 is 1.28 bits per heavy atom. The average molecular weight is 392 g/mol. The van der Waals surface area contributed by atoms with Crippen molar-refractivity contribution in [1.29, 1.82) is 5.26 Å². The highest BCUT2D eigenvalue weighted by Gasteiger charge is 2.17. The smallest absolute Gasteiger partial charge is 0.263 e. The molecule has 150 valence electrons. The monoisotopic (exact) mass is 392 g/mol. The van der Waals surface area contributed by atoms with Gasteiger partial charge in [-0.3, -0.25) is 9.59 Å². The van der Waals surface area contributed by atoms with Gasteiger partial charge in [0.1, 0.15) is 17.4 Å². The molecule has 2 rings (SSSR count). The van der Waals surface area contributed by atoms with Crippen LogP contribution in [-0.4, -0.2) is 18.4 Å². The summed E-state index contributed by atoms with van der Waals surface area (Å²) in [5, 5.41) is 15.0. The van der Waals surface area contributed by atoms with Crippen LogP contribution in [0.15, 0.2) is 54.2 Å². The van der Waals surface area contributed by atoms with Gasteiger partial charge in [0.25, 0.3) is 11.8 Å². The van der Waals surface area contributed by atoms with Crippen molar-refractivity contribution in [2.75, 3.05) is 11.9 Å².